The maximum absolute atomic E-state index is 14.3. The number of para-hydroxylation sites is 1. The number of carbonyl (C=O) groups is 1. The van der Waals surface area contributed by atoms with Crippen molar-refractivity contribution in [3.63, 3.8) is 0 Å². The van der Waals surface area contributed by atoms with Gasteiger partial charge in [0, 0.05) is 31.9 Å². The molecule has 1 fully saturated rings. The molecule has 0 aliphatic carbocycles. The van der Waals surface area contributed by atoms with Gasteiger partial charge in [-0.25, -0.2) is 9.07 Å². The van der Waals surface area contributed by atoms with E-state index in [1.807, 2.05) is 11.8 Å². The number of hydrogen-bond acceptors (Lipinski definition) is 3. The Labute approximate surface area is 170 Å². The molecule has 0 bridgehead atoms. The summed E-state index contributed by atoms with van der Waals surface area (Å²) >= 11 is 0. The molecule has 0 spiro atoms. The lowest BCUT2D eigenvalue weighted by atomic mass is 10.1. The Kier molecular flexibility index (Phi) is 5.09. The van der Waals surface area contributed by atoms with Gasteiger partial charge in [-0.05, 0) is 62.2 Å². The maximum atomic E-state index is 14.3. The van der Waals surface area contributed by atoms with Crippen molar-refractivity contribution < 1.29 is 9.18 Å². The molecule has 1 aromatic heterocycles. The fourth-order valence-electron chi connectivity index (χ4n) is 3.71. The van der Waals surface area contributed by atoms with Gasteiger partial charge >= 0.3 is 0 Å². The monoisotopic (exact) mass is 392 g/mol. The second-order valence-electron chi connectivity index (χ2n) is 7.58. The highest BCUT2D eigenvalue weighted by atomic mass is 19.1. The van der Waals surface area contributed by atoms with Crippen LogP contribution in [0.1, 0.15) is 27.3 Å². The van der Waals surface area contributed by atoms with Crippen molar-refractivity contribution in [1.82, 2.24) is 14.7 Å². The molecule has 1 amide bonds. The zero-order chi connectivity index (χ0) is 20.5. The molecule has 1 saturated heterocycles. The first kappa shape index (κ1) is 19.2. The summed E-state index contributed by atoms with van der Waals surface area (Å²) in [6.07, 6.45) is 0. The first-order valence-electron chi connectivity index (χ1n) is 9.87. The summed E-state index contributed by atoms with van der Waals surface area (Å²) in [7, 11) is 0. The van der Waals surface area contributed by atoms with E-state index in [9.17, 15) is 9.18 Å². The van der Waals surface area contributed by atoms with Crippen molar-refractivity contribution >= 4 is 11.6 Å². The van der Waals surface area contributed by atoms with Gasteiger partial charge in [0.2, 0.25) is 0 Å². The minimum absolute atomic E-state index is 0.117. The normalized spacial score (nSPS) is 14.3. The van der Waals surface area contributed by atoms with E-state index in [1.165, 1.54) is 27.6 Å². The molecule has 1 aliphatic heterocycles. The molecular weight excluding hydrogens is 367 g/mol. The van der Waals surface area contributed by atoms with Crippen molar-refractivity contribution in [3.8, 4) is 5.69 Å². The topological polar surface area (TPSA) is 41.4 Å². The van der Waals surface area contributed by atoms with Gasteiger partial charge in [0.25, 0.3) is 5.91 Å². The summed E-state index contributed by atoms with van der Waals surface area (Å²) in [6.45, 7) is 8.80. The SMILES string of the molecule is Cc1cc(C(=O)N2CCN(c3ccc(C)c(C)c3)CC2)n(-c2ccccc2F)n1. The van der Waals surface area contributed by atoms with E-state index in [-0.39, 0.29) is 11.6 Å². The fourth-order valence-corrected chi connectivity index (χ4v) is 3.71. The van der Waals surface area contributed by atoms with Crippen molar-refractivity contribution in [2.24, 2.45) is 0 Å². The first-order valence-corrected chi connectivity index (χ1v) is 9.87. The molecule has 6 heteroatoms. The predicted octanol–water partition coefficient (Wildman–Crippen LogP) is 3.90. The Morgan fingerprint density at radius 2 is 1.66 bits per heavy atom. The quantitative estimate of drug-likeness (QED) is 0.679. The Bertz CT molecular complexity index is 1050. The third kappa shape index (κ3) is 3.75. The third-order valence-corrected chi connectivity index (χ3v) is 5.55. The minimum atomic E-state index is -0.399. The van der Waals surface area contributed by atoms with E-state index >= 15 is 0 Å². The number of carbonyl (C=O) groups excluding carboxylic acids is 1. The van der Waals surface area contributed by atoms with Crippen LogP contribution in [0.3, 0.4) is 0 Å². The van der Waals surface area contributed by atoms with Gasteiger partial charge in [0.15, 0.2) is 0 Å². The van der Waals surface area contributed by atoms with Crippen LogP contribution in [0.25, 0.3) is 5.69 Å². The average Bonchev–Trinajstić information content (AvgIpc) is 3.11. The molecule has 5 nitrogen and oxygen atoms in total. The number of nitrogens with zero attached hydrogens (tertiary/aromatic N) is 4. The van der Waals surface area contributed by atoms with Crippen LogP contribution < -0.4 is 4.90 Å². The van der Waals surface area contributed by atoms with E-state index in [4.69, 9.17) is 0 Å². The lowest BCUT2D eigenvalue weighted by Gasteiger charge is -2.36. The lowest BCUT2D eigenvalue weighted by Crippen LogP contribution is -2.49. The third-order valence-electron chi connectivity index (χ3n) is 5.55. The molecule has 0 N–H and O–H groups in total. The highest BCUT2D eigenvalue weighted by Crippen LogP contribution is 2.22. The Morgan fingerprint density at radius 3 is 2.34 bits per heavy atom. The van der Waals surface area contributed by atoms with Crippen molar-refractivity contribution in [1.29, 1.82) is 0 Å². The van der Waals surface area contributed by atoms with Crippen molar-refractivity contribution in [2.75, 3.05) is 31.1 Å². The van der Waals surface area contributed by atoms with Gasteiger partial charge in [-0.2, -0.15) is 5.10 Å². The molecule has 0 saturated carbocycles. The predicted molar refractivity (Wildman–Crippen MR) is 112 cm³/mol. The van der Waals surface area contributed by atoms with E-state index in [0.717, 1.165) is 13.1 Å². The fraction of sp³-hybridized carbons (Fsp3) is 0.304. The standard InChI is InChI=1S/C23H25FN4O/c1-16-8-9-19(14-17(16)2)26-10-12-27(13-11-26)23(29)22-15-18(3)25-28(22)21-7-5-4-6-20(21)24/h4-9,14-15H,10-13H2,1-3H3. The van der Waals surface area contributed by atoms with Crippen molar-refractivity contribution in [2.45, 2.75) is 20.8 Å². The Morgan fingerprint density at radius 1 is 0.931 bits per heavy atom. The summed E-state index contributed by atoms with van der Waals surface area (Å²) in [4.78, 5) is 17.3. The molecule has 29 heavy (non-hydrogen) atoms. The number of anilines is 1. The summed E-state index contributed by atoms with van der Waals surface area (Å²) in [5.74, 6) is -0.516. The van der Waals surface area contributed by atoms with Crippen LogP contribution in [0.15, 0.2) is 48.5 Å². The molecule has 2 heterocycles. The van der Waals surface area contributed by atoms with Gasteiger partial charge in [0.1, 0.15) is 17.2 Å². The van der Waals surface area contributed by atoms with Gasteiger partial charge < -0.3 is 9.80 Å². The maximum Gasteiger partial charge on any atom is 0.272 e. The number of rotatable bonds is 3. The summed E-state index contributed by atoms with van der Waals surface area (Å²) in [5.41, 5.74) is 5.10. The zero-order valence-electron chi connectivity index (χ0n) is 17.0. The highest BCUT2D eigenvalue weighted by molar-refractivity contribution is 5.93. The number of hydrogen-bond donors (Lipinski definition) is 0. The zero-order valence-corrected chi connectivity index (χ0v) is 17.0. The van der Waals surface area contributed by atoms with Gasteiger partial charge in [0.05, 0.1) is 5.69 Å². The Hall–Kier alpha value is -3.15. The van der Waals surface area contributed by atoms with E-state index in [2.05, 4.69) is 42.0 Å². The molecular formula is C23H25FN4O. The molecule has 0 radical (unpaired) electrons. The average molecular weight is 392 g/mol. The number of piperazine rings is 1. The summed E-state index contributed by atoms with van der Waals surface area (Å²) in [5, 5.41) is 4.36. The Balaban J connectivity index is 1.52. The summed E-state index contributed by atoms with van der Waals surface area (Å²) < 4.78 is 15.7. The van der Waals surface area contributed by atoms with Crippen LogP contribution in [0.4, 0.5) is 10.1 Å². The molecule has 0 atom stereocenters. The minimum Gasteiger partial charge on any atom is -0.368 e. The van der Waals surface area contributed by atoms with Crippen LogP contribution in [-0.2, 0) is 0 Å². The van der Waals surface area contributed by atoms with Gasteiger partial charge in [-0.15, -0.1) is 0 Å². The lowest BCUT2D eigenvalue weighted by molar-refractivity contribution is 0.0737. The number of benzene rings is 2. The van der Waals surface area contributed by atoms with E-state index in [1.54, 1.807) is 24.3 Å². The number of halogens is 1. The summed E-state index contributed by atoms with van der Waals surface area (Å²) in [6, 6.07) is 14.6. The largest absolute Gasteiger partial charge is 0.368 e. The second kappa shape index (κ2) is 7.70. The molecule has 1 aliphatic rings. The van der Waals surface area contributed by atoms with E-state index < -0.39 is 5.82 Å². The number of aromatic nitrogens is 2. The van der Waals surface area contributed by atoms with Crippen LogP contribution in [0.2, 0.25) is 0 Å². The number of amides is 1. The van der Waals surface area contributed by atoms with Crippen LogP contribution in [0.5, 0.6) is 0 Å². The van der Waals surface area contributed by atoms with Gasteiger partial charge in [-0.1, -0.05) is 18.2 Å². The van der Waals surface area contributed by atoms with Gasteiger partial charge in [-0.3, -0.25) is 4.79 Å². The van der Waals surface area contributed by atoms with Crippen LogP contribution in [-0.4, -0.2) is 46.8 Å². The van der Waals surface area contributed by atoms with Crippen LogP contribution in [0, 0.1) is 26.6 Å². The van der Waals surface area contributed by atoms with Crippen molar-refractivity contribution in [3.05, 3.63) is 76.9 Å². The highest BCUT2D eigenvalue weighted by Gasteiger charge is 2.26. The molecule has 0 unspecified atom stereocenters. The molecule has 150 valence electrons. The smallest absolute Gasteiger partial charge is 0.272 e. The molecule has 2 aromatic carbocycles. The van der Waals surface area contributed by atoms with Crippen LogP contribution >= 0.6 is 0 Å². The molecule has 4 rings (SSSR count). The van der Waals surface area contributed by atoms with E-state index in [0.29, 0.717) is 24.5 Å². The molecule has 3 aromatic rings. The number of aryl methyl sites for hydroxylation is 3. The second-order valence-corrected chi connectivity index (χ2v) is 7.58. The first-order chi connectivity index (χ1) is 13.9.